The first-order valence-electron chi connectivity index (χ1n) is 18.6. The molecule has 0 aromatic rings. The number of carboxylic acids is 1. The van der Waals surface area contributed by atoms with E-state index in [0.29, 0.717) is 25.7 Å². The summed E-state index contributed by atoms with van der Waals surface area (Å²) < 4.78 is 0. The first kappa shape index (κ1) is 38.6. The van der Waals surface area contributed by atoms with Crippen molar-refractivity contribution in [3.63, 3.8) is 0 Å². The van der Waals surface area contributed by atoms with Crippen molar-refractivity contribution < 1.29 is 34.8 Å². The number of carbonyl (C=O) groups excluding carboxylic acids is 2. The van der Waals surface area contributed by atoms with E-state index in [4.69, 9.17) is 5.11 Å². The van der Waals surface area contributed by atoms with Gasteiger partial charge >= 0.3 is 5.97 Å². The Morgan fingerprint density at radius 3 is 2.11 bits per heavy atom. The minimum Gasteiger partial charge on any atom is -0.481 e. The Morgan fingerprint density at radius 2 is 1.50 bits per heavy atom. The first-order valence-corrected chi connectivity index (χ1v) is 18.6. The Hall–Kier alpha value is -1.83. The molecule has 4 aliphatic rings. The highest BCUT2D eigenvalue weighted by molar-refractivity contribution is 5.91. The van der Waals surface area contributed by atoms with Crippen molar-refractivity contribution in [2.75, 3.05) is 6.61 Å². The molecule has 0 unspecified atom stereocenters. The Bertz CT molecular complexity index is 1060. The molecule has 0 saturated heterocycles. The highest BCUT2D eigenvalue weighted by Gasteiger charge is 2.68. The zero-order chi connectivity index (χ0) is 33.8. The van der Waals surface area contributed by atoms with Crippen molar-refractivity contribution in [3.8, 4) is 0 Å². The van der Waals surface area contributed by atoms with Crippen molar-refractivity contribution in [1.29, 1.82) is 0 Å². The largest absolute Gasteiger partial charge is 0.481 e. The molecule has 0 spiro atoms. The molecule has 46 heavy (non-hydrogen) atoms. The average molecular weight is 645 g/mol. The molecule has 3 saturated carbocycles. The van der Waals surface area contributed by atoms with Gasteiger partial charge < -0.3 is 20.4 Å². The number of ketones is 2. The monoisotopic (exact) mass is 644 g/mol. The van der Waals surface area contributed by atoms with E-state index in [9.17, 15) is 29.7 Å². The summed E-state index contributed by atoms with van der Waals surface area (Å²) in [5.41, 5.74) is -1.23. The van der Waals surface area contributed by atoms with Gasteiger partial charge in [-0.3, -0.25) is 14.4 Å². The van der Waals surface area contributed by atoms with Crippen LogP contribution in [0.4, 0.5) is 0 Å². The lowest BCUT2D eigenvalue weighted by Crippen LogP contribution is -2.62. The topological polar surface area (TPSA) is 132 Å². The van der Waals surface area contributed by atoms with Gasteiger partial charge in [-0.1, -0.05) is 89.9 Å². The summed E-state index contributed by atoms with van der Waals surface area (Å²) in [6.07, 6.45) is 27.0. The Kier molecular flexibility index (Phi) is 15.2. The van der Waals surface area contributed by atoms with Crippen molar-refractivity contribution >= 4 is 17.5 Å². The quantitative estimate of drug-likeness (QED) is 0.0935. The zero-order valence-corrected chi connectivity index (χ0v) is 29.1. The van der Waals surface area contributed by atoms with Gasteiger partial charge in [0.15, 0.2) is 11.6 Å². The molecule has 4 aliphatic carbocycles. The number of carbonyl (C=O) groups is 3. The van der Waals surface area contributed by atoms with Gasteiger partial charge in [0, 0.05) is 18.3 Å². The number of allylic oxidation sites excluding steroid dienone is 3. The number of Topliss-reactive ketones (excluding diaryl/α,β-unsaturated/α-hetero) is 1. The number of aliphatic hydroxyl groups is 3. The van der Waals surface area contributed by atoms with Gasteiger partial charge in [-0.15, -0.1) is 0 Å². The predicted octanol–water partition coefficient (Wildman–Crippen LogP) is 7.89. The minimum atomic E-state index is -1.54. The third-order valence-corrected chi connectivity index (χ3v) is 12.3. The highest BCUT2D eigenvalue weighted by Crippen LogP contribution is 2.67. The Labute approximate surface area is 278 Å². The van der Waals surface area contributed by atoms with Crippen LogP contribution in [-0.4, -0.2) is 56.3 Å². The van der Waals surface area contributed by atoms with Gasteiger partial charge in [-0.05, 0) is 99.9 Å². The molecule has 7 heteroatoms. The number of unbranched alkanes of at least 4 members (excludes halogenated alkanes) is 11. The molecule has 0 aromatic heterocycles. The standard InChI is InChI=1S/C21H30O5.C18H34O2/c1-19-7-5-13(23)9-12(19)3-4-14-15-6-8-21(26,17(25)11-22)20(15,2)10-16(24)18(14)19;1-2-3-4-5-6-7-8-9-10-11-12-13-14-15-16-17-18(19)20/h9,14-16,18,22,24,26H,3-8,10-11H2,1-2H3;9-10H,2-8,11-17H2,1H3,(H,19,20)/b;10-9-/t14-,15-,16-,18+,19-,20-,21-;/m0./s1. The summed E-state index contributed by atoms with van der Waals surface area (Å²) in [4.78, 5) is 34.6. The summed E-state index contributed by atoms with van der Waals surface area (Å²) in [5.74, 6) is -0.524. The molecule has 4 N–H and O–H groups in total. The SMILES string of the molecule is CCCCCCCC/C=C\CCCCCCCC(=O)O.C[C@]12CCC(=O)C=C1CC[C@@H]1[C@@H]2[C@@H](O)C[C@@]2(C)[C@H]1CC[C@]2(O)C(=O)CO. The van der Waals surface area contributed by atoms with E-state index in [-0.39, 0.29) is 29.0 Å². The maximum Gasteiger partial charge on any atom is 0.303 e. The molecule has 0 aromatic carbocycles. The number of carboxylic acid groups (broad SMARTS) is 1. The molecule has 7 atom stereocenters. The maximum atomic E-state index is 12.4. The molecule has 0 amide bonds. The number of fused-ring (bicyclic) bond motifs is 5. The van der Waals surface area contributed by atoms with Crippen LogP contribution in [0.2, 0.25) is 0 Å². The van der Waals surface area contributed by atoms with Crippen LogP contribution in [0.15, 0.2) is 23.8 Å². The highest BCUT2D eigenvalue weighted by atomic mass is 16.4. The fraction of sp³-hybridized carbons (Fsp3) is 0.821. The second-order valence-corrected chi connectivity index (χ2v) is 15.3. The minimum absolute atomic E-state index is 0.0697. The molecular formula is C39H64O7. The molecule has 262 valence electrons. The van der Waals surface area contributed by atoms with Crippen LogP contribution in [0.5, 0.6) is 0 Å². The molecule has 0 aliphatic heterocycles. The third-order valence-electron chi connectivity index (χ3n) is 12.3. The van der Waals surface area contributed by atoms with Crippen LogP contribution in [0, 0.1) is 28.6 Å². The van der Waals surface area contributed by atoms with Crippen LogP contribution in [-0.2, 0) is 14.4 Å². The van der Waals surface area contributed by atoms with Crippen LogP contribution in [0.1, 0.15) is 156 Å². The van der Waals surface area contributed by atoms with Crippen molar-refractivity contribution in [1.82, 2.24) is 0 Å². The molecule has 3 fully saturated rings. The van der Waals surface area contributed by atoms with E-state index in [0.717, 1.165) is 38.5 Å². The van der Waals surface area contributed by atoms with E-state index in [1.54, 1.807) is 6.08 Å². The molecular weight excluding hydrogens is 580 g/mol. The molecule has 0 radical (unpaired) electrons. The van der Waals surface area contributed by atoms with Crippen molar-refractivity contribution in [3.05, 3.63) is 23.8 Å². The lowest BCUT2D eigenvalue weighted by atomic mass is 9.45. The maximum absolute atomic E-state index is 12.4. The Morgan fingerprint density at radius 1 is 0.891 bits per heavy atom. The number of hydrogen-bond acceptors (Lipinski definition) is 6. The van der Waals surface area contributed by atoms with Crippen molar-refractivity contribution in [2.24, 2.45) is 28.6 Å². The van der Waals surface area contributed by atoms with Crippen LogP contribution >= 0.6 is 0 Å². The number of rotatable bonds is 17. The first-order chi connectivity index (χ1) is 21.9. The molecule has 4 rings (SSSR count). The van der Waals surface area contributed by atoms with Gasteiger partial charge in [-0.2, -0.15) is 0 Å². The van der Waals surface area contributed by atoms with E-state index in [2.05, 4.69) is 26.0 Å². The van der Waals surface area contributed by atoms with Gasteiger partial charge in [0.05, 0.1) is 6.10 Å². The van der Waals surface area contributed by atoms with Gasteiger partial charge in [0.2, 0.25) is 0 Å². The average Bonchev–Trinajstić information content (AvgIpc) is 3.29. The summed E-state index contributed by atoms with van der Waals surface area (Å²) in [6.45, 7) is 5.72. The van der Waals surface area contributed by atoms with E-state index >= 15 is 0 Å². The number of hydrogen-bond donors (Lipinski definition) is 4. The predicted molar refractivity (Wildman–Crippen MR) is 182 cm³/mol. The smallest absolute Gasteiger partial charge is 0.303 e. The molecule has 0 bridgehead atoms. The second-order valence-electron chi connectivity index (χ2n) is 15.3. The Balaban J connectivity index is 0.000000262. The van der Waals surface area contributed by atoms with E-state index in [1.807, 2.05) is 6.92 Å². The van der Waals surface area contributed by atoms with Crippen LogP contribution in [0.25, 0.3) is 0 Å². The second kappa shape index (κ2) is 18.1. The van der Waals surface area contributed by atoms with Gasteiger partial charge in [-0.25, -0.2) is 0 Å². The van der Waals surface area contributed by atoms with Crippen LogP contribution < -0.4 is 0 Å². The third kappa shape index (κ3) is 9.19. The summed E-state index contributed by atoms with van der Waals surface area (Å²) in [7, 11) is 0. The lowest BCUT2D eigenvalue weighted by Gasteiger charge is -2.60. The normalized spacial score (nSPS) is 33.4. The van der Waals surface area contributed by atoms with Gasteiger partial charge in [0.25, 0.3) is 0 Å². The summed E-state index contributed by atoms with van der Waals surface area (Å²) in [5, 5.41) is 40.2. The van der Waals surface area contributed by atoms with E-state index in [1.165, 1.54) is 76.2 Å². The lowest BCUT2D eigenvalue weighted by molar-refractivity contribution is -0.182. The van der Waals surface area contributed by atoms with E-state index < -0.39 is 35.5 Å². The number of aliphatic carboxylic acids is 1. The van der Waals surface area contributed by atoms with Gasteiger partial charge in [0.1, 0.15) is 12.2 Å². The molecule has 7 nitrogen and oxygen atoms in total. The fourth-order valence-corrected chi connectivity index (χ4v) is 9.63. The fourth-order valence-electron chi connectivity index (χ4n) is 9.63. The molecule has 0 heterocycles. The summed E-state index contributed by atoms with van der Waals surface area (Å²) >= 11 is 0. The number of aliphatic hydroxyl groups excluding tert-OH is 2. The summed E-state index contributed by atoms with van der Waals surface area (Å²) in [6, 6.07) is 0. The van der Waals surface area contributed by atoms with Crippen LogP contribution in [0.3, 0.4) is 0 Å². The zero-order valence-electron chi connectivity index (χ0n) is 29.1. The van der Waals surface area contributed by atoms with Crippen molar-refractivity contribution in [2.45, 2.75) is 167 Å².